The second-order valence-corrected chi connectivity index (χ2v) is 5.22. The first-order chi connectivity index (χ1) is 11.1. The van der Waals surface area contributed by atoms with Crippen LogP contribution in [-0.2, 0) is 17.8 Å². The molecule has 0 aliphatic carbocycles. The van der Waals surface area contributed by atoms with Gasteiger partial charge in [0, 0.05) is 13.1 Å². The van der Waals surface area contributed by atoms with Crippen LogP contribution in [0.5, 0.6) is 0 Å². The van der Waals surface area contributed by atoms with Gasteiger partial charge in [0.05, 0.1) is 17.5 Å². The third kappa shape index (κ3) is 3.31. The van der Waals surface area contributed by atoms with Crippen molar-refractivity contribution in [3.05, 3.63) is 70.4 Å². The van der Waals surface area contributed by atoms with Crippen LogP contribution in [0.25, 0.3) is 11.0 Å². The molecule has 0 atom stereocenters. The highest BCUT2D eigenvalue weighted by molar-refractivity contribution is 5.78. The summed E-state index contributed by atoms with van der Waals surface area (Å²) in [6.45, 7) is 0.654. The molecule has 118 valence electrons. The molecule has 0 spiro atoms. The van der Waals surface area contributed by atoms with Gasteiger partial charge in [0.1, 0.15) is 5.82 Å². The molecule has 3 rings (SSSR count). The molecule has 0 saturated heterocycles. The Morgan fingerprint density at radius 3 is 2.70 bits per heavy atom. The quantitative estimate of drug-likeness (QED) is 0.754. The van der Waals surface area contributed by atoms with E-state index in [1.54, 1.807) is 22.8 Å². The van der Waals surface area contributed by atoms with Gasteiger partial charge in [0.15, 0.2) is 0 Å². The molecule has 6 heteroatoms. The van der Waals surface area contributed by atoms with E-state index in [0.717, 1.165) is 11.0 Å². The Hall–Kier alpha value is -2.89. The Kier molecular flexibility index (Phi) is 4.23. The Labute approximate surface area is 131 Å². The second kappa shape index (κ2) is 6.48. The summed E-state index contributed by atoms with van der Waals surface area (Å²) in [6.07, 6.45) is -0.0184. The minimum Gasteiger partial charge on any atom is -0.354 e. The van der Waals surface area contributed by atoms with Crippen molar-refractivity contribution in [2.45, 2.75) is 13.0 Å². The van der Waals surface area contributed by atoms with E-state index in [1.807, 2.05) is 24.3 Å². The molecule has 1 aromatic heterocycles. The lowest BCUT2D eigenvalue weighted by molar-refractivity contribution is -0.120. The van der Waals surface area contributed by atoms with E-state index in [2.05, 4.69) is 10.3 Å². The number of nitrogens with one attached hydrogen (secondary N) is 2. The molecule has 0 bridgehead atoms. The fourth-order valence-corrected chi connectivity index (χ4v) is 2.51. The van der Waals surface area contributed by atoms with E-state index >= 15 is 0 Å². The molecule has 5 nitrogen and oxygen atoms in total. The first kappa shape index (κ1) is 15.0. The summed E-state index contributed by atoms with van der Waals surface area (Å²) in [4.78, 5) is 26.5. The third-order valence-corrected chi connectivity index (χ3v) is 3.65. The van der Waals surface area contributed by atoms with Crippen LogP contribution in [-0.4, -0.2) is 22.0 Å². The number of nitrogens with zero attached hydrogens (tertiary/aromatic N) is 1. The molecule has 0 fully saturated rings. The predicted molar refractivity (Wildman–Crippen MR) is 85.7 cm³/mol. The molecule has 2 N–H and O–H groups in total. The molecule has 0 saturated carbocycles. The Bertz CT molecular complexity index is 898. The van der Waals surface area contributed by atoms with Crippen molar-refractivity contribution in [3.63, 3.8) is 0 Å². The van der Waals surface area contributed by atoms with Crippen molar-refractivity contribution in [1.29, 1.82) is 0 Å². The first-order valence-corrected chi connectivity index (χ1v) is 7.33. The molecular formula is C17H16FN3O2. The highest BCUT2D eigenvalue weighted by Crippen LogP contribution is 2.09. The van der Waals surface area contributed by atoms with Crippen LogP contribution in [0.15, 0.2) is 53.3 Å². The van der Waals surface area contributed by atoms with Crippen molar-refractivity contribution in [1.82, 2.24) is 14.9 Å². The van der Waals surface area contributed by atoms with Gasteiger partial charge in [0.25, 0.3) is 0 Å². The standard InChI is InChI=1S/C17H16FN3O2/c18-13-6-2-1-5-12(13)11-16(22)19-9-10-21-15-8-4-3-7-14(15)20-17(21)23/h1-8H,9-11H2,(H,19,22)(H,20,23). The number of para-hydroxylation sites is 2. The number of benzene rings is 2. The number of hydrogen-bond acceptors (Lipinski definition) is 2. The van der Waals surface area contributed by atoms with Crippen molar-refractivity contribution in [3.8, 4) is 0 Å². The summed E-state index contributed by atoms with van der Waals surface area (Å²) in [5.41, 5.74) is 1.69. The van der Waals surface area contributed by atoms with Gasteiger partial charge in [-0.25, -0.2) is 9.18 Å². The SMILES string of the molecule is O=C(Cc1ccccc1F)NCCn1c(=O)[nH]c2ccccc21. The maximum Gasteiger partial charge on any atom is 0.326 e. The zero-order valence-corrected chi connectivity index (χ0v) is 12.4. The van der Waals surface area contributed by atoms with Crippen LogP contribution in [0.1, 0.15) is 5.56 Å². The number of aromatic nitrogens is 2. The van der Waals surface area contributed by atoms with Crippen LogP contribution in [0.4, 0.5) is 4.39 Å². The molecule has 0 aliphatic rings. The average Bonchev–Trinajstić information content (AvgIpc) is 2.86. The molecule has 3 aromatic rings. The summed E-state index contributed by atoms with van der Waals surface area (Å²) < 4.78 is 15.1. The van der Waals surface area contributed by atoms with Gasteiger partial charge in [-0.2, -0.15) is 0 Å². The summed E-state index contributed by atoms with van der Waals surface area (Å²) in [7, 11) is 0. The maximum atomic E-state index is 13.5. The smallest absolute Gasteiger partial charge is 0.326 e. The molecule has 2 aromatic carbocycles. The van der Waals surface area contributed by atoms with Crippen LogP contribution in [0.2, 0.25) is 0 Å². The molecule has 0 unspecified atom stereocenters. The van der Waals surface area contributed by atoms with E-state index < -0.39 is 5.82 Å². The molecule has 0 radical (unpaired) electrons. The van der Waals surface area contributed by atoms with Gasteiger partial charge < -0.3 is 10.3 Å². The van der Waals surface area contributed by atoms with Crippen LogP contribution < -0.4 is 11.0 Å². The number of imidazole rings is 1. The fraction of sp³-hybridized carbons (Fsp3) is 0.176. The predicted octanol–water partition coefficient (Wildman–Crippen LogP) is 1.83. The number of rotatable bonds is 5. The number of aromatic amines is 1. The minimum absolute atomic E-state index is 0.0184. The summed E-state index contributed by atoms with van der Waals surface area (Å²) in [5, 5.41) is 2.71. The highest BCUT2D eigenvalue weighted by Gasteiger charge is 2.09. The van der Waals surface area contributed by atoms with Crippen molar-refractivity contribution in [2.75, 3.05) is 6.54 Å². The van der Waals surface area contributed by atoms with E-state index in [9.17, 15) is 14.0 Å². The van der Waals surface area contributed by atoms with Crippen molar-refractivity contribution in [2.24, 2.45) is 0 Å². The average molecular weight is 313 g/mol. The summed E-state index contributed by atoms with van der Waals surface area (Å²) in [5.74, 6) is -0.668. The van der Waals surface area contributed by atoms with Gasteiger partial charge in [-0.3, -0.25) is 9.36 Å². The number of carbonyl (C=O) groups is 1. The Morgan fingerprint density at radius 2 is 1.87 bits per heavy atom. The van der Waals surface area contributed by atoms with Gasteiger partial charge in [0.2, 0.25) is 5.91 Å². The molecule has 1 amide bonds. The van der Waals surface area contributed by atoms with Gasteiger partial charge >= 0.3 is 5.69 Å². The van der Waals surface area contributed by atoms with E-state index in [1.165, 1.54) is 6.07 Å². The zero-order chi connectivity index (χ0) is 16.2. The monoisotopic (exact) mass is 313 g/mol. The fourth-order valence-electron chi connectivity index (χ4n) is 2.51. The number of amides is 1. The van der Waals surface area contributed by atoms with Gasteiger partial charge in [-0.05, 0) is 23.8 Å². The molecule has 0 aliphatic heterocycles. The summed E-state index contributed by atoms with van der Waals surface area (Å²) >= 11 is 0. The zero-order valence-electron chi connectivity index (χ0n) is 12.4. The van der Waals surface area contributed by atoms with Crippen molar-refractivity contribution >= 4 is 16.9 Å². The first-order valence-electron chi connectivity index (χ1n) is 7.33. The molecular weight excluding hydrogens is 297 g/mol. The Balaban J connectivity index is 1.61. The largest absolute Gasteiger partial charge is 0.354 e. The second-order valence-electron chi connectivity index (χ2n) is 5.22. The van der Waals surface area contributed by atoms with Gasteiger partial charge in [-0.1, -0.05) is 30.3 Å². The lowest BCUT2D eigenvalue weighted by Crippen LogP contribution is -2.31. The number of hydrogen-bond donors (Lipinski definition) is 2. The van der Waals surface area contributed by atoms with Gasteiger partial charge in [-0.15, -0.1) is 0 Å². The van der Waals surface area contributed by atoms with E-state index in [0.29, 0.717) is 18.7 Å². The number of fused-ring (bicyclic) bond motifs is 1. The number of carbonyl (C=O) groups excluding carboxylic acids is 1. The normalized spacial score (nSPS) is 10.8. The summed E-state index contributed by atoms with van der Waals surface area (Å²) in [6, 6.07) is 13.5. The third-order valence-electron chi connectivity index (χ3n) is 3.65. The highest BCUT2D eigenvalue weighted by atomic mass is 19.1. The Morgan fingerprint density at radius 1 is 1.13 bits per heavy atom. The van der Waals surface area contributed by atoms with E-state index in [4.69, 9.17) is 0 Å². The van der Waals surface area contributed by atoms with Crippen LogP contribution in [0.3, 0.4) is 0 Å². The van der Waals surface area contributed by atoms with Crippen LogP contribution >= 0.6 is 0 Å². The van der Waals surface area contributed by atoms with E-state index in [-0.39, 0.29) is 18.0 Å². The lowest BCUT2D eigenvalue weighted by atomic mass is 10.1. The van der Waals surface area contributed by atoms with Crippen LogP contribution in [0, 0.1) is 5.82 Å². The number of halogens is 1. The van der Waals surface area contributed by atoms with Crippen molar-refractivity contribution < 1.29 is 9.18 Å². The molecule has 23 heavy (non-hydrogen) atoms. The maximum absolute atomic E-state index is 13.5. The number of H-pyrrole nitrogens is 1. The lowest BCUT2D eigenvalue weighted by Gasteiger charge is -2.07. The topological polar surface area (TPSA) is 66.9 Å². The molecule has 1 heterocycles. The minimum atomic E-state index is -0.393.